The number of thiazole rings is 1. The highest BCUT2D eigenvalue weighted by Gasteiger charge is 2.57. The number of amides is 2. The van der Waals surface area contributed by atoms with Gasteiger partial charge in [0.15, 0.2) is 0 Å². The average molecular weight is 648 g/mol. The van der Waals surface area contributed by atoms with E-state index < -0.39 is 50.4 Å². The van der Waals surface area contributed by atoms with Crippen LogP contribution in [0.25, 0.3) is 0 Å². The number of ether oxygens (including phenoxy) is 1. The lowest BCUT2D eigenvalue weighted by Gasteiger charge is -2.30. The molecule has 3 heterocycles. The average Bonchev–Trinajstić information content (AvgIpc) is 3.46. The number of nitro benzene ring substituents is 1. The molecule has 6 rings (SSSR count). The topological polar surface area (TPSA) is 123 Å². The van der Waals surface area contributed by atoms with Gasteiger partial charge in [-0.25, -0.2) is 4.90 Å². The minimum Gasteiger partial charge on any atom is -0.489 e. The lowest BCUT2D eigenvalue weighted by atomic mass is 9.82. The smallest absolute Gasteiger partial charge is 0.416 e. The van der Waals surface area contributed by atoms with E-state index in [-0.39, 0.29) is 29.3 Å². The maximum Gasteiger partial charge on any atom is 0.416 e. The van der Waals surface area contributed by atoms with Gasteiger partial charge in [0, 0.05) is 33.5 Å². The SMILES string of the molecule is O=C1C2Sc3[nH]c(=O)sc3[C@H](c3cc([N+](=O)[O-])ccc3OCc3ccc(Cl)cc3)C2C(=O)N1c1cccc(C(F)(F)F)c1. The Hall–Kier alpha value is -4.14. The Morgan fingerprint density at radius 3 is 2.47 bits per heavy atom. The molecule has 0 radical (unpaired) electrons. The molecule has 2 amide bonds. The predicted octanol–water partition coefficient (Wildman–Crippen LogP) is 6.39. The zero-order chi connectivity index (χ0) is 30.6. The van der Waals surface area contributed by atoms with Crippen LogP contribution in [0.15, 0.2) is 76.6 Å². The van der Waals surface area contributed by atoms with Gasteiger partial charge in [0.25, 0.3) is 5.69 Å². The van der Waals surface area contributed by atoms with E-state index in [1.807, 2.05) is 0 Å². The Bertz CT molecular complexity index is 1840. The molecule has 1 fully saturated rings. The highest BCUT2D eigenvalue weighted by molar-refractivity contribution is 8.00. The zero-order valence-electron chi connectivity index (χ0n) is 21.5. The van der Waals surface area contributed by atoms with Crippen LogP contribution < -0.4 is 14.5 Å². The number of non-ortho nitro benzene ring substituents is 1. The summed E-state index contributed by atoms with van der Waals surface area (Å²) in [6, 6.07) is 14.5. The zero-order valence-corrected chi connectivity index (χ0v) is 23.9. The van der Waals surface area contributed by atoms with Crippen molar-refractivity contribution in [3.63, 3.8) is 0 Å². The van der Waals surface area contributed by atoms with Gasteiger partial charge in [-0.05, 0) is 42.0 Å². The largest absolute Gasteiger partial charge is 0.489 e. The third-order valence-electron chi connectivity index (χ3n) is 7.10. The van der Waals surface area contributed by atoms with Crippen LogP contribution in [-0.2, 0) is 22.4 Å². The molecule has 2 aliphatic rings. The van der Waals surface area contributed by atoms with Crippen molar-refractivity contribution in [1.82, 2.24) is 4.98 Å². The highest BCUT2D eigenvalue weighted by Crippen LogP contribution is 2.55. The van der Waals surface area contributed by atoms with Crippen LogP contribution >= 0.6 is 34.7 Å². The first-order valence-corrected chi connectivity index (χ1v) is 14.6. The molecule has 1 N–H and O–H groups in total. The molecule has 0 bridgehead atoms. The molecule has 1 aromatic heterocycles. The number of nitrogens with zero attached hydrogens (tertiary/aromatic N) is 2. The van der Waals surface area contributed by atoms with Crippen molar-refractivity contribution in [2.45, 2.75) is 29.0 Å². The van der Waals surface area contributed by atoms with Gasteiger partial charge < -0.3 is 9.72 Å². The molecule has 220 valence electrons. The molecule has 0 spiro atoms. The van der Waals surface area contributed by atoms with Gasteiger partial charge in [0.1, 0.15) is 17.6 Å². The minimum atomic E-state index is -4.71. The molecule has 3 aromatic carbocycles. The van der Waals surface area contributed by atoms with Crippen LogP contribution in [0.2, 0.25) is 5.02 Å². The number of hydrogen-bond donors (Lipinski definition) is 1. The molecule has 1 saturated heterocycles. The van der Waals surface area contributed by atoms with E-state index in [1.54, 1.807) is 24.3 Å². The number of carbonyl (C=O) groups excluding carboxylic acids is 2. The first kappa shape index (κ1) is 29.0. The number of aromatic amines is 1. The Morgan fingerprint density at radius 1 is 1.02 bits per heavy atom. The quantitative estimate of drug-likeness (QED) is 0.146. The Morgan fingerprint density at radius 2 is 1.77 bits per heavy atom. The van der Waals surface area contributed by atoms with E-state index in [0.29, 0.717) is 19.8 Å². The Balaban J connectivity index is 1.47. The van der Waals surface area contributed by atoms with E-state index in [1.165, 1.54) is 24.3 Å². The van der Waals surface area contributed by atoms with Crippen molar-refractivity contribution < 1.29 is 32.4 Å². The molecule has 15 heteroatoms. The van der Waals surface area contributed by atoms with Crippen molar-refractivity contribution in [1.29, 1.82) is 0 Å². The van der Waals surface area contributed by atoms with Gasteiger partial charge in [-0.1, -0.05) is 52.9 Å². The molecule has 0 saturated carbocycles. The van der Waals surface area contributed by atoms with Gasteiger partial charge in [-0.3, -0.25) is 24.5 Å². The van der Waals surface area contributed by atoms with E-state index in [2.05, 4.69) is 4.98 Å². The van der Waals surface area contributed by atoms with Gasteiger partial charge in [0.05, 0.1) is 27.1 Å². The summed E-state index contributed by atoms with van der Waals surface area (Å²) in [6.45, 7) is 0.0248. The molecule has 4 aromatic rings. The van der Waals surface area contributed by atoms with E-state index in [0.717, 1.165) is 46.9 Å². The molecule has 2 aliphatic heterocycles. The van der Waals surface area contributed by atoms with Crippen molar-refractivity contribution >= 4 is 57.9 Å². The van der Waals surface area contributed by atoms with Gasteiger partial charge in [-0.2, -0.15) is 13.2 Å². The molecular weight excluding hydrogens is 631 g/mol. The summed E-state index contributed by atoms with van der Waals surface area (Å²) in [5, 5.41) is 11.4. The number of nitro groups is 1. The molecule has 3 atom stereocenters. The molecule has 2 unspecified atom stereocenters. The molecular formula is C28H17ClF3N3O6S2. The summed E-state index contributed by atoms with van der Waals surface area (Å²) in [6.07, 6.45) is -4.71. The summed E-state index contributed by atoms with van der Waals surface area (Å²) >= 11 is 7.68. The number of aromatic nitrogens is 1. The second-order valence-corrected chi connectivity index (χ2v) is 12.3. The monoisotopic (exact) mass is 647 g/mol. The second-order valence-electron chi connectivity index (χ2n) is 9.70. The summed E-state index contributed by atoms with van der Waals surface area (Å²) < 4.78 is 46.5. The third kappa shape index (κ3) is 5.30. The fourth-order valence-corrected chi connectivity index (χ4v) is 7.83. The minimum absolute atomic E-state index is 0.0248. The maximum atomic E-state index is 14.0. The Labute approximate surface area is 253 Å². The number of alkyl halides is 3. The summed E-state index contributed by atoms with van der Waals surface area (Å²) in [4.78, 5) is 54.5. The third-order valence-corrected chi connectivity index (χ3v) is 9.76. The van der Waals surface area contributed by atoms with E-state index in [4.69, 9.17) is 16.3 Å². The van der Waals surface area contributed by atoms with Crippen LogP contribution in [0.4, 0.5) is 24.5 Å². The Kier molecular flexibility index (Phi) is 7.30. The van der Waals surface area contributed by atoms with Crippen LogP contribution in [0, 0.1) is 16.0 Å². The maximum absolute atomic E-state index is 14.0. The highest BCUT2D eigenvalue weighted by atomic mass is 35.5. The second kappa shape index (κ2) is 10.8. The number of hydrogen-bond acceptors (Lipinski definition) is 8. The van der Waals surface area contributed by atoms with E-state index in [9.17, 15) is 37.7 Å². The first-order valence-electron chi connectivity index (χ1n) is 12.5. The number of thioether (sulfide) groups is 1. The number of fused-ring (bicyclic) bond motifs is 2. The number of halogens is 4. The summed E-state index contributed by atoms with van der Waals surface area (Å²) in [5.41, 5.74) is -0.708. The lowest BCUT2D eigenvalue weighted by molar-refractivity contribution is -0.385. The van der Waals surface area contributed by atoms with Crippen LogP contribution in [0.1, 0.15) is 27.5 Å². The number of nitrogens with one attached hydrogen (secondary N) is 1. The molecule has 0 aliphatic carbocycles. The standard InChI is InChI=1S/C28H17ClF3N3O6S2/c29-15-6-4-13(5-7-15)12-41-19-9-8-17(35(39)40)11-18(19)20-21-23(42-24-22(20)43-27(38)33-24)26(37)34(25(21)36)16-3-1-2-14(10-16)28(30,31)32/h1-11,20-21,23H,12H2,(H,33,38)/t20-,21?,23?/m1/s1. The fourth-order valence-electron chi connectivity index (χ4n) is 5.19. The van der Waals surface area contributed by atoms with E-state index >= 15 is 0 Å². The molecule has 43 heavy (non-hydrogen) atoms. The van der Waals surface area contributed by atoms with Crippen molar-refractivity contribution in [3.8, 4) is 5.75 Å². The van der Waals surface area contributed by atoms with Crippen LogP contribution in [0.3, 0.4) is 0 Å². The summed E-state index contributed by atoms with van der Waals surface area (Å²) in [5.74, 6) is -3.66. The fraction of sp³-hybridized carbons (Fsp3) is 0.179. The number of H-pyrrole nitrogens is 1. The number of anilines is 1. The predicted molar refractivity (Wildman–Crippen MR) is 153 cm³/mol. The molecule has 9 nitrogen and oxygen atoms in total. The number of benzene rings is 3. The number of rotatable bonds is 6. The first-order chi connectivity index (χ1) is 20.4. The van der Waals surface area contributed by atoms with Crippen molar-refractivity contribution in [3.05, 3.63) is 113 Å². The summed E-state index contributed by atoms with van der Waals surface area (Å²) in [7, 11) is 0. The number of carbonyl (C=O) groups is 2. The van der Waals surface area contributed by atoms with Crippen molar-refractivity contribution in [2.24, 2.45) is 5.92 Å². The normalized spacial score (nSPS) is 19.7. The van der Waals surface area contributed by atoms with Gasteiger partial charge in [0.2, 0.25) is 11.8 Å². The van der Waals surface area contributed by atoms with Crippen LogP contribution in [0.5, 0.6) is 5.75 Å². The van der Waals surface area contributed by atoms with Crippen molar-refractivity contribution in [2.75, 3.05) is 4.90 Å². The lowest BCUT2D eigenvalue weighted by Crippen LogP contribution is -2.32. The van der Waals surface area contributed by atoms with Crippen LogP contribution in [-0.4, -0.2) is 27.0 Å². The number of imide groups is 1. The van der Waals surface area contributed by atoms with Gasteiger partial charge >= 0.3 is 11.0 Å². The van der Waals surface area contributed by atoms with Gasteiger partial charge in [-0.15, -0.1) is 0 Å².